The number of hydrogen-bond donors (Lipinski definition) is 1. The minimum atomic E-state index is -0.464. The fourth-order valence-corrected chi connectivity index (χ4v) is 1.65. The van der Waals surface area contributed by atoms with E-state index in [-0.39, 0.29) is 12.1 Å². The van der Waals surface area contributed by atoms with Crippen LogP contribution in [0.5, 0.6) is 5.88 Å². The number of aromatic nitrogens is 1. The van der Waals surface area contributed by atoms with Gasteiger partial charge in [-0.1, -0.05) is 0 Å². The van der Waals surface area contributed by atoms with E-state index in [4.69, 9.17) is 4.74 Å². The molecule has 5 heteroatoms. The Morgan fingerprint density at radius 2 is 2.11 bits per heavy atom. The molecule has 0 spiro atoms. The predicted octanol–water partition coefficient (Wildman–Crippen LogP) is 3.37. The van der Waals surface area contributed by atoms with Crippen molar-refractivity contribution in [3.05, 3.63) is 53.7 Å². The molecule has 2 aromatic rings. The molecular weight excluding hydrogens is 250 g/mol. The number of ether oxygens (including phenoxy) is 1. The molecule has 0 aliphatic heterocycles. The first-order chi connectivity index (χ1) is 9.20. The maximum atomic E-state index is 13.5. The Morgan fingerprint density at radius 3 is 2.89 bits per heavy atom. The molecule has 0 atom stereocenters. The molecule has 0 saturated heterocycles. The third kappa shape index (κ3) is 3.40. The van der Waals surface area contributed by atoms with Gasteiger partial charge in [-0.3, -0.25) is 0 Å². The molecule has 0 amide bonds. The van der Waals surface area contributed by atoms with Crippen molar-refractivity contribution in [3.8, 4) is 5.88 Å². The van der Waals surface area contributed by atoms with Crippen molar-refractivity contribution in [2.75, 3.05) is 11.9 Å². The SMILES string of the molecule is CCOc1ncccc1NCc1cc(F)ccc1F. The minimum absolute atomic E-state index is 0.162. The van der Waals surface area contributed by atoms with Crippen LogP contribution >= 0.6 is 0 Å². The molecule has 1 heterocycles. The van der Waals surface area contributed by atoms with Gasteiger partial charge < -0.3 is 10.1 Å². The summed E-state index contributed by atoms with van der Waals surface area (Å²) in [4.78, 5) is 4.07. The first kappa shape index (κ1) is 13.3. The Kier molecular flexibility index (Phi) is 4.28. The maximum Gasteiger partial charge on any atom is 0.237 e. The number of nitrogens with zero attached hydrogens (tertiary/aromatic N) is 1. The summed E-state index contributed by atoms with van der Waals surface area (Å²) in [5.74, 6) is -0.466. The number of hydrogen-bond acceptors (Lipinski definition) is 3. The summed E-state index contributed by atoms with van der Waals surface area (Å²) in [6.07, 6.45) is 1.61. The van der Waals surface area contributed by atoms with Crippen molar-refractivity contribution in [3.63, 3.8) is 0 Å². The molecule has 1 aromatic heterocycles. The molecular formula is C14H14F2N2O. The molecule has 0 unspecified atom stereocenters. The number of benzene rings is 1. The minimum Gasteiger partial charge on any atom is -0.476 e. The van der Waals surface area contributed by atoms with Gasteiger partial charge in [-0.2, -0.15) is 0 Å². The van der Waals surface area contributed by atoms with E-state index >= 15 is 0 Å². The van der Waals surface area contributed by atoms with Gasteiger partial charge in [0.1, 0.15) is 11.6 Å². The monoisotopic (exact) mass is 264 g/mol. The topological polar surface area (TPSA) is 34.1 Å². The van der Waals surface area contributed by atoms with E-state index in [9.17, 15) is 8.78 Å². The molecule has 0 saturated carbocycles. The van der Waals surface area contributed by atoms with Crippen molar-refractivity contribution in [2.24, 2.45) is 0 Å². The highest BCUT2D eigenvalue weighted by molar-refractivity contribution is 5.52. The highest BCUT2D eigenvalue weighted by atomic mass is 19.1. The van der Waals surface area contributed by atoms with Gasteiger partial charge in [0.15, 0.2) is 0 Å². The summed E-state index contributed by atoms with van der Waals surface area (Å²) in [6, 6.07) is 6.88. The van der Waals surface area contributed by atoms with Crippen LogP contribution in [0.3, 0.4) is 0 Å². The van der Waals surface area contributed by atoms with Crippen molar-refractivity contribution in [1.29, 1.82) is 0 Å². The normalized spacial score (nSPS) is 10.3. The number of rotatable bonds is 5. The average Bonchev–Trinajstić information content (AvgIpc) is 2.42. The van der Waals surface area contributed by atoms with Crippen LogP contribution in [0.1, 0.15) is 12.5 Å². The van der Waals surface area contributed by atoms with E-state index in [1.54, 1.807) is 18.3 Å². The van der Waals surface area contributed by atoms with E-state index in [1.165, 1.54) is 6.07 Å². The van der Waals surface area contributed by atoms with Gasteiger partial charge in [-0.15, -0.1) is 0 Å². The Hall–Kier alpha value is -2.17. The molecule has 19 heavy (non-hydrogen) atoms. The van der Waals surface area contributed by atoms with Gasteiger partial charge in [0, 0.05) is 18.3 Å². The first-order valence-corrected chi connectivity index (χ1v) is 5.96. The molecule has 3 nitrogen and oxygen atoms in total. The van der Waals surface area contributed by atoms with Crippen molar-refractivity contribution < 1.29 is 13.5 Å². The molecule has 1 aromatic carbocycles. The van der Waals surface area contributed by atoms with Crippen LogP contribution in [0.15, 0.2) is 36.5 Å². The van der Waals surface area contributed by atoms with Crippen LogP contribution < -0.4 is 10.1 Å². The van der Waals surface area contributed by atoms with Gasteiger partial charge in [-0.05, 0) is 37.3 Å². The lowest BCUT2D eigenvalue weighted by molar-refractivity contribution is 0.328. The smallest absolute Gasteiger partial charge is 0.237 e. The number of pyridine rings is 1. The predicted molar refractivity (Wildman–Crippen MR) is 69.1 cm³/mol. The van der Waals surface area contributed by atoms with Crippen molar-refractivity contribution in [1.82, 2.24) is 4.98 Å². The van der Waals surface area contributed by atoms with E-state index in [0.29, 0.717) is 18.2 Å². The molecule has 100 valence electrons. The maximum absolute atomic E-state index is 13.5. The van der Waals surface area contributed by atoms with Gasteiger partial charge >= 0.3 is 0 Å². The molecule has 0 bridgehead atoms. The lowest BCUT2D eigenvalue weighted by atomic mass is 10.2. The van der Waals surface area contributed by atoms with E-state index in [0.717, 1.165) is 12.1 Å². The molecule has 0 fully saturated rings. The highest BCUT2D eigenvalue weighted by Crippen LogP contribution is 2.21. The Bertz CT molecular complexity index is 561. The molecule has 0 aliphatic carbocycles. The summed E-state index contributed by atoms with van der Waals surface area (Å²) >= 11 is 0. The van der Waals surface area contributed by atoms with Crippen LogP contribution in [0, 0.1) is 11.6 Å². The third-order valence-corrected chi connectivity index (χ3v) is 2.53. The molecule has 0 radical (unpaired) electrons. The summed E-state index contributed by atoms with van der Waals surface area (Å²) in [5, 5.41) is 2.99. The lowest BCUT2D eigenvalue weighted by Crippen LogP contribution is -2.05. The van der Waals surface area contributed by atoms with Crippen LogP contribution in [-0.4, -0.2) is 11.6 Å². The summed E-state index contributed by atoms with van der Waals surface area (Å²) < 4.78 is 31.8. The summed E-state index contributed by atoms with van der Waals surface area (Å²) in [6.45, 7) is 2.50. The van der Waals surface area contributed by atoms with Crippen LogP contribution in [0.25, 0.3) is 0 Å². The van der Waals surface area contributed by atoms with E-state index in [1.807, 2.05) is 6.92 Å². The number of nitrogens with one attached hydrogen (secondary N) is 1. The highest BCUT2D eigenvalue weighted by Gasteiger charge is 2.07. The van der Waals surface area contributed by atoms with Crippen molar-refractivity contribution in [2.45, 2.75) is 13.5 Å². The van der Waals surface area contributed by atoms with Crippen LogP contribution in [0.2, 0.25) is 0 Å². The third-order valence-electron chi connectivity index (χ3n) is 2.53. The second-order valence-electron chi connectivity index (χ2n) is 3.88. The standard InChI is InChI=1S/C14H14F2N2O/c1-2-19-14-13(4-3-7-17-14)18-9-10-8-11(15)5-6-12(10)16/h3-8,18H,2,9H2,1H3. The number of anilines is 1. The second kappa shape index (κ2) is 6.13. The number of halogens is 2. The Balaban J connectivity index is 2.12. The molecule has 0 aliphatic rings. The Labute approximate surface area is 110 Å². The molecule has 1 N–H and O–H groups in total. The average molecular weight is 264 g/mol. The summed E-state index contributed by atoms with van der Waals surface area (Å²) in [7, 11) is 0. The Morgan fingerprint density at radius 1 is 1.26 bits per heavy atom. The second-order valence-corrected chi connectivity index (χ2v) is 3.88. The van der Waals surface area contributed by atoms with Gasteiger partial charge in [0.05, 0.1) is 12.3 Å². The van der Waals surface area contributed by atoms with Crippen molar-refractivity contribution >= 4 is 5.69 Å². The van der Waals surface area contributed by atoms with E-state index < -0.39 is 11.6 Å². The lowest BCUT2D eigenvalue weighted by Gasteiger charge is -2.11. The molecule has 2 rings (SSSR count). The van der Waals surface area contributed by atoms with Gasteiger partial charge in [0.25, 0.3) is 0 Å². The van der Waals surface area contributed by atoms with Gasteiger partial charge in [0.2, 0.25) is 5.88 Å². The fraction of sp³-hybridized carbons (Fsp3) is 0.214. The summed E-state index contributed by atoms with van der Waals surface area (Å²) in [5.41, 5.74) is 0.902. The van der Waals surface area contributed by atoms with Gasteiger partial charge in [-0.25, -0.2) is 13.8 Å². The van der Waals surface area contributed by atoms with Crippen LogP contribution in [-0.2, 0) is 6.54 Å². The fourth-order valence-electron chi connectivity index (χ4n) is 1.65. The quantitative estimate of drug-likeness (QED) is 0.899. The largest absolute Gasteiger partial charge is 0.476 e. The zero-order chi connectivity index (χ0) is 13.7. The zero-order valence-electron chi connectivity index (χ0n) is 10.5. The van der Waals surface area contributed by atoms with Crippen LogP contribution in [0.4, 0.5) is 14.5 Å². The van der Waals surface area contributed by atoms with E-state index in [2.05, 4.69) is 10.3 Å². The first-order valence-electron chi connectivity index (χ1n) is 5.96. The zero-order valence-corrected chi connectivity index (χ0v) is 10.5.